The maximum Gasteiger partial charge on any atom is 0.272 e. The Morgan fingerprint density at radius 2 is 1.88 bits per heavy atom. The molecule has 1 aromatic heterocycles. The lowest BCUT2D eigenvalue weighted by Crippen LogP contribution is -2.37. The van der Waals surface area contributed by atoms with E-state index in [4.69, 9.17) is 11.6 Å². The summed E-state index contributed by atoms with van der Waals surface area (Å²) < 4.78 is 26.6. The second-order valence-electron chi connectivity index (χ2n) is 5.23. The molecule has 9 heteroatoms. The average Bonchev–Trinajstić information content (AvgIpc) is 3.09. The maximum absolute atomic E-state index is 12.6. The van der Waals surface area contributed by atoms with E-state index in [-0.39, 0.29) is 10.6 Å². The van der Waals surface area contributed by atoms with Gasteiger partial charge in [-0.2, -0.15) is 16.1 Å². The number of benzene rings is 1. The lowest BCUT2D eigenvalue weighted by atomic mass is 10.3. The zero-order valence-corrected chi connectivity index (χ0v) is 15.0. The molecule has 0 atom stereocenters. The van der Waals surface area contributed by atoms with Gasteiger partial charge in [0.25, 0.3) is 5.91 Å². The first-order valence-electron chi connectivity index (χ1n) is 7.30. The third kappa shape index (κ3) is 3.77. The number of anilines is 1. The Balaban J connectivity index is 1.74. The second-order valence-corrected chi connectivity index (χ2v) is 8.83. The maximum atomic E-state index is 12.6. The van der Waals surface area contributed by atoms with E-state index >= 15 is 0 Å². The number of thioether (sulfide) groups is 1. The van der Waals surface area contributed by atoms with Crippen molar-refractivity contribution < 1.29 is 13.2 Å². The molecule has 6 nitrogen and oxygen atoms in total. The van der Waals surface area contributed by atoms with Gasteiger partial charge in [-0.1, -0.05) is 11.6 Å². The molecule has 0 aliphatic carbocycles. The van der Waals surface area contributed by atoms with Crippen molar-refractivity contribution in [2.75, 3.05) is 29.9 Å². The zero-order chi connectivity index (χ0) is 17.2. The highest BCUT2D eigenvalue weighted by Crippen LogP contribution is 2.21. The van der Waals surface area contributed by atoms with E-state index in [2.05, 4.69) is 10.3 Å². The first kappa shape index (κ1) is 17.3. The largest absolute Gasteiger partial charge is 0.356 e. The Hall–Kier alpha value is -1.48. The van der Waals surface area contributed by atoms with Crippen molar-refractivity contribution in [1.82, 2.24) is 9.29 Å². The zero-order valence-electron chi connectivity index (χ0n) is 12.7. The molecule has 2 aromatic rings. The van der Waals surface area contributed by atoms with Gasteiger partial charge in [0.1, 0.15) is 10.6 Å². The first-order valence-corrected chi connectivity index (χ1v) is 10.3. The molecule has 0 radical (unpaired) electrons. The summed E-state index contributed by atoms with van der Waals surface area (Å²) >= 11 is 7.54. The molecule has 1 aromatic carbocycles. The van der Waals surface area contributed by atoms with Crippen molar-refractivity contribution in [3.8, 4) is 0 Å². The number of sulfonamides is 1. The Bertz CT molecular complexity index is 828. The number of aromatic nitrogens is 1. The summed E-state index contributed by atoms with van der Waals surface area (Å²) in [4.78, 5) is 15.1. The van der Waals surface area contributed by atoms with Crippen molar-refractivity contribution >= 4 is 45.0 Å². The van der Waals surface area contributed by atoms with Crippen molar-refractivity contribution in [3.63, 3.8) is 0 Å². The molecule has 2 N–H and O–H groups in total. The molecule has 0 saturated carbocycles. The van der Waals surface area contributed by atoms with Crippen molar-refractivity contribution in [3.05, 3.63) is 47.2 Å². The fraction of sp³-hybridized carbons (Fsp3) is 0.267. The van der Waals surface area contributed by atoms with Crippen LogP contribution in [0.15, 0.2) is 41.4 Å². The predicted octanol–water partition coefficient (Wildman–Crippen LogP) is 2.66. The van der Waals surface area contributed by atoms with Gasteiger partial charge < -0.3 is 10.3 Å². The van der Waals surface area contributed by atoms with Crippen LogP contribution in [0.3, 0.4) is 0 Å². The van der Waals surface area contributed by atoms with Crippen molar-refractivity contribution in [2.24, 2.45) is 0 Å². The van der Waals surface area contributed by atoms with E-state index in [1.807, 2.05) is 0 Å². The number of hydrogen-bond acceptors (Lipinski definition) is 4. The van der Waals surface area contributed by atoms with Gasteiger partial charge in [0.15, 0.2) is 0 Å². The van der Waals surface area contributed by atoms with E-state index in [0.29, 0.717) is 23.8 Å². The first-order chi connectivity index (χ1) is 11.5. The Labute approximate surface area is 149 Å². The molecule has 0 spiro atoms. The van der Waals surface area contributed by atoms with Gasteiger partial charge in [0, 0.05) is 41.5 Å². The molecule has 24 heavy (non-hydrogen) atoms. The number of carbonyl (C=O) groups is 1. The smallest absolute Gasteiger partial charge is 0.272 e. The molecular formula is C15H16ClN3O3S2. The molecule has 0 bridgehead atoms. The number of rotatable bonds is 4. The molecule has 1 aliphatic heterocycles. The molecule has 1 fully saturated rings. The quantitative estimate of drug-likeness (QED) is 0.847. The fourth-order valence-electron chi connectivity index (χ4n) is 2.32. The van der Waals surface area contributed by atoms with Crippen LogP contribution in [0.4, 0.5) is 5.69 Å². The minimum Gasteiger partial charge on any atom is -0.356 e. The van der Waals surface area contributed by atoms with Gasteiger partial charge in [-0.25, -0.2) is 8.42 Å². The number of halogens is 1. The SMILES string of the molecule is O=C(Nc1ccc(Cl)cc1)c1cc(S(=O)(=O)N2CCSCC2)c[nH]1. The summed E-state index contributed by atoms with van der Waals surface area (Å²) in [5, 5.41) is 3.26. The van der Waals surface area contributed by atoms with Crippen LogP contribution in [-0.4, -0.2) is 48.2 Å². The molecule has 2 heterocycles. The number of H-pyrrole nitrogens is 1. The topological polar surface area (TPSA) is 82.3 Å². The van der Waals surface area contributed by atoms with Crippen LogP contribution in [0.1, 0.15) is 10.5 Å². The summed E-state index contributed by atoms with van der Waals surface area (Å²) in [6.45, 7) is 0.981. The molecule has 1 aliphatic rings. The van der Waals surface area contributed by atoms with Crippen LogP contribution in [0, 0.1) is 0 Å². The number of amides is 1. The highest BCUT2D eigenvalue weighted by Gasteiger charge is 2.27. The van der Waals surface area contributed by atoms with Gasteiger partial charge in [-0.15, -0.1) is 0 Å². The van der Waals surface area contributed by atoms with Gasteiger partial charge in [-0.3, -0.25) is 4.79 Å². The third-order valence-electron chi connectivity index (χ3n) is 3.61. The Morgan fingerprint density at radius 1 is 1.21 bits per heavy atom. The third-order valence-corrected chi connectivity index (χ3v) is 6.68. The minimum absolute atomic E-state index is 0.107. The molecule has 128 valence electrons. The summed E-state index contributed by atoms with van der Waals surface area (Å²) in [5.74, 6) is 1.16. The lowest BCUT2D eigenvalue weighted by molar-refractivity contribution is 0.102. The van der Waals surface area contributed by atoms with Crippen molar-refractivity contribution in [2.45, 2.75) is 4.90 Å². The van der Waals surface area contributed by atoms with E-state index in [1.165, 1.54) is 16.6 Å². The normalized spacial score (nSPS) is 16.0. The van der Waals surface area contributed by atoms with E-state index in [1.54, 1.807) is 36.0 Å². The summed E-state index contributed by atoms with van der Waals surface area (Å²) in [5.41, 5.74) is 0.770. The van der Waals surface area contributed by atoms with Crippen LogP contribution in [0.25, 0.3) is 0 Å². The fourth-order valence-corrected chi connectivity index (χ4v) is 5.02. The van der Waals surface area contributed by atoms with Crippen molar-refractivity contribution in [1.29, 1.82) is 0 Å². The molecular weight excluding hydrogens is 370 g/mol. The standard InChI is InChI=1S/C15H16ClN3O3S2/c16-11-1-3-12(4-2-11)18-15(20)14-9-13(10-17-14)24(21,22)19-5-7-23-8-6-19/h1-4,9-10,17H,5-8H2,(H,18,20). The highest BCUT2D eigenvalue weighted by atomic mass is 35.5. The van der Waals surface area contributed by atoms with Gasteiger partial charge >= 0.3 is 0 Å². The van der Waals surface area contributed by atoms with E-state index in [0.717, 1.165) is 11.5 Å². The van der Waals surface area contributed by atoms with E-state index in [9.17, 15) is 13.2 Å². The second kappa shape index (κ2) is 7.18. The van der Waals surface area contributed by atoms with Gasteiger partial charge in [-0.05, 0) is 30.3 Å². The van der Waals surface area contributed by atoms with Crippen LogP contribution in [0.2, 0.25) is 5.02 Å². The summed E-state index contributed by atoms with van der Waals surface area (Å²) in [6, 6.07) is 8.03. The number of aromatic amines is 1. The molecule has 1 saturated heterocycles. The van der Waals surface area contributed by atoms with Crippen LogP contribution in [0.5, 0.6) is 0 Å². The molecule has 1 amide bonds. The molecule has 3 rings (SSSR count). The van der Waals surface area contributed by atoms with Crippen LogP contribution < -0.4 is 5.32 Å². The van der Waals surface area contributed by atoms with Crippen LogP contribution in [-0.2, 0) is 10.0 Å². The summed E-state index contributed by atoms with van der Waals surface area (Å²) in [6.07, 6.45) is 1.36. The summed E-state index contributed by atoms with van der Waals surface area (Å²) in [7, 11) is -3.56. The number of nitrogens with one attached hydrogen (secondary N) is 2. The number of nitrogens with zero attached hydrogens (tertiary/aromatic N) is 1. The van der Waals surface area contributed by atoms with E-state index < -0.39 is 15.9 Å². The van der Waals surface area contributed by atoms with Gasteiger partial charge in [0.2, 0.25) is 10.0 Å². The van der Waals surface area contributed by atoms with Gasteiger partial charge in [0.05, 0.1) is 0 Å². The Kier molecular flexibility index (Phi) is 5.19. The van der Waals surface area contributed by atoms with Crippen LogP contribution >= 0.6 is 23.4 Å². The highest BCUT2D eigenvalue weighted by molar-refractivity contribution is 7.99. The average molecular weight is 386 g/mol. The molecule has 0 unspecified atom stereocenters. The number of hydrogen-bond donors (Lipinski definition) is 2. The lowest BCUT2D eigenvalue weighted by Gasteiger charge is -2.24. The minimum atomic E-state index is -3.56. The monoisotopic (exact) mass is 385 g/mol. The predicted molar refractivity (Wildman–Crippen MR) is 96.3 cm³/mol. The number of carbonyl (C=O) groups excluding carboxylic acids is 1. The Morgan fingerprint density at radius 3 is 2.54 bits per heavy atom.